The highest BCUT2D eigenvalue weighted by molar-refractivity contribution is 5.68. The Balaban J connectivity index is 1.63. The largest absolute Gasteiger partial charge is 0.444 e. The van der Waals surface area contributed by atoms with Crippen molar-refractivity contribution in [2.75, 3.05) is 26.7 Å². The molecule has 0 saturated carbocycles. The van der Waals surface area contributed by atoms with Gasteiger partial charge in [-0.25, -0.2) is 4.79 Å². The Kier molecular flexibility index (Phi) is 7.16. The summed E-state index contributed by atoms with van der Waals surface area (Å²) in [6, 6.07) is 17.6. The lowest BCUT2D eigenvalue weighted by molar-refractivity contribution is 0.000564. The van der Waals surface area contributed by atoms with Crippen LogP contribution in [0.4, 0.5) is 4.79 Å². The molecule has 1 atom stereocenters. The van der Waals surface area contributed by atoms with E-state index in [1.165, 1.54) is 22.3 Å². The van der Waals surface area contributed by atoms with Crippen LogP contribution in [-0.4, -0.2) is 54.2 Å². The summed E-state index contributed by atoms with van der Waals surface area (Å²) in [6.45, 7) is 12.0. The summed E-state index contributed by atoms with van der Waals surface area (Å²) in [4.78, 5) is 16.7. The Morgan fingerprint density at radius 3 is 2.30 bits per heavy atom. The number of carbonyl (C=O) groups is 1. The van der Waals surface area contributed by atoms with Gasteiger partial charge in [0.25, 0.3) is 0 Å². The Bertz CT molecular complexity index is 859. The van der Waals surface area contributed by atoms with Crippen molar-refractivity contribution in [3.8, 4) is 11.1 Å². The molecule has 1 amide bonds. The monoisotopic (exact) mass is 409 g/mol. The number of hydrogen-bond acceptors (Lipinski definition) is 4. The van der Waals surface area contributed by atoms with Gasteiger partial charge in [0.15, 0.2) is 0 Å². The van der Waals surface area contributed by atoms with E-state index in [-0.39, 0.29) is 12.1 Å². The molecule has 30 heavy (non-hydrogen) atoms. The molecule has 0 aliphatic carbocycles. The molecule has 2 aromatic rings. The fraction of sp³-hybridized carbons (Fsp3) is 0.480. The molecule has 1 aliphatic rings. The highest BCUT2D eigenvalue weighted by Gasteiger charge is 2.30. The van der Waals surface area contributed by atoms with Crippen LogP contribution in [0.2, 0.25) is 0 Å². The Morgan fingerprint density at radius 1 is 1.07 bits per heavy atom. The first-order valence-corrected chi connectivity index (χ1v) is 10.8. The summed E-state index contributed by atoms with van der Waals surface area (Å²) in [5.41, 5.74) is 4.61. The van der Waals surface area contributed by atoms with Gasteiger partial charge in [-0.05, 0) is 69.1 Å². The number of ether oxygens (including phenoxy) is 1. The number of hydrogen-bond donors (Lipinski definition) is 1. The molecule has 1 heterocycles. The summed E-state index contributed by atoms with van der Waals surface area (Å²) < 4.78 is 5.56. The van der Waals surface area contributed by atoms with Gasteiger partial charge in [-0.15, -0.1) is 0 Å². The molecule has 0 spiro atoms. The summed E-state index contributed by atoms with van der Waals surface area (Å²) in [7, 11) is 1.97. The van der Waals surface area contributed by atoms with Crippen molar-refractivity contribution in [2.45, 2.75) is 52.4 Å². The quantitative estimate of drug-likeness (QED) is 0.789. The molecule has 2 aromatic carbocycles. The molecule has 162 valence electrons. The number of rotatable bonds is 5. The predicted octanol–water partition coefficient (Wildman–Crippen LogP) is 4.51. The van der Waals surface area contributed by atoms with Crippen molar-refractivity contribution in [1.82, 2.24) is 15.1 Å². The summed E-state index contributed by atoms with van der Waals surface area (Å²) in [5, 5.41) is 3.21. The molecule has 1 N–H and O–H groups in total. The van der Waals surface area contributed by atoms with Crippen LogP contribution in [0.5, 0.6) is 0 Å². The fourth-order valence-electron chi connectivity index (χ4n) is 3.94. The number of piperazine rings is 1. The van der Waals surface area contributed by atoms with Crippen molar-refractivity contribution in [3.63, 3.8) is 0 Å². The van der Waals surface area contributed by atoms with Crippen LogP contribution < -0.4 is 5.32 Å². The summed E-state index contributed by atoms with van der Waals surface area (Å²) >= 11 is 0. The van der Waals surface area contributed by atoms with Crippen molar-refractivity contribution in [2.24, 2.45) is 0 Å². The van der Waals surface area contributed by atoms with Crippen LogP contribution in [0.1, 0.15) is 38.8 Å². The highest BCUT2D eigenvalue weighted by atomic mass is 16.6. The van der Waals surface area contributed by atoms with Gasteiger partial charge >= 0.3 is 6.09 Å². The van der Waals surface area contributed by atoms with Crippen molar-refractivity contribution < 1.29 is 9.53 Å². The first-order valence-electron chi connectivity index (χ1n) is 10.8. The van der Waals surface area contributed by atoms with Crippen LogP contribution in [-0.2, 0) is 17.8 Å². The molecule has 1 aliphatic heterocycles. The third-order valence-corrected chi connectivity index (χ3v) is 5.31. The summed E-state index contributed by atoms with van der Waals surface area (Å²) in [6.07, 6.45) is -0.210. The van der Waals surface area contributed by atoms with E-state index in [1.807, 2.05) is 32.7 Å². The molecule has 5 heteroatoms. The van der Waals surface area contributed by atoms with E-state index in [1.54, 1.807) is 0 Å². The highest BCUT2D eigenvalue weighted by Crippen LogP contribution is 2.23. The van der Waals surface area contributed by atoms with Gasteiger partial charge in [0, 0.05) is 38.8 Å². The first-order chi connectivity index (χ1) is 14.2. The van der Waals surface area contributed by atoms with Gasteiger partial charge in [0.05, 0.1) is 0 Å². The maximum Gasteiger partial charge on any atom is 0.410 e. The first kappa shape index (κ1) is 22.3. The number of nitrogens with zero attached hydrogens (tertiary/aromatic N) is 2. The van der Waals surface area contributed by atoms with Gasteiger partial charge < -0.3 is 15.0 Å². The molecule has 3 rings (SSSR count). The normalized spacial score (nSPS) is 17.8. The second-order valence-electron chi connectivity index (χ2n) is 9.19. The van der Waals surface area contributed by atoms with Crippen molar-refractivity contribution in [3.05, 3.63) is 59.7 Å². The zero-order valence-corrected chi connectivity index (χ0v) is 18.9. The van der Waals surface area contributed by atoms with E-state index in [0.717, 1.165) is 26.2 Å². The molecule has 5 nitrogen and oxygen atoms in total. The average molecular weight is 410 g/mol. The molecule has 1 fully saturated rings. The zero-order valence-electron chi connectivity index (χ0n) is 18.9. The van der Waals surface area contributed by atoms with Gasteiger partial charge in [0.2, 0.25) is 0 Å². The smallest absolute Gasteiger partial charge is 0.410 e. The number of benzene rings is 2. The minimum absolute atomic E-state index is 0.134. The second kappa shape index (κ2) is 9.63. The minimum Gasteiger partial charge on any atom is -0.444 e. The zero-order chi connectivity index (χ0) is 21.7. The van der Waals surface area contributed by atoms with E-state index >= 15 is 0 Å². The SMILES string of the molecule is CNCc1cccc(-c2cccc(CN3CCN(C(=O)OC(C)(C)C)[C@@H](C)C3)c2)c1. The van der Waals surface area contributed by atoms with E-state index in [2.05, 4.69) is 65.7 Å². The average Bonchev–Trinajstić information content (AvgIpc) is 2.67. The lowest BCUT2D eigenvalue weighted by Gasteiger charge is -2.40. The third kappa shape index (κ3) is 6.07. The lowest BCUT2D eigenvalue weighted by Crippen LogP contribution is -2.54. The number of nitrogens with one attached hydrogen (secondary N) is 1. The lowest BCUT2D eigenvalue weighted by atomic mass is 10.0. The standard InChI is InChI=1S/C25H35N3O2/c1-19-17-27(12-13-28(19)24(29)30-25(2,3)4)18-21-9-7-11-23(15-21)22-10-6-8-20(14-22)16-26-5/h6-11,14-15,19,26H,12-13,16-18H2,1-5H3/t19-/m0/s1. The van der Waals surface area contributed by atoms with Gasteiger partial charge in [-0.3, -0.25) is 4.90 Å². The topological polar surface area (TPSA) is 44.8 Å². The van der Waals surface area contributed by atoms with Crippen molar-refractivity contribution in [1.29, 1.82) is 0 Å². The maximum absolute atomic E-state index is 12.4. The molecule has 0 bridgehead atoms. The van der Waals surface area contributed by atoms with Crippen LogP contribution >= 0.6 is 0 Å². The number of carbonyl (C=O) groups excluding carboxylic acids is 1. The molecular weight excluding hydrogens is 374 g/mol. The van der Waals surface area contributed by atoms with Crippen LogP contribution in [0.25, 0.3) is 11.1 Å². The van der Waals surface area contributed by atoms with Crippen LogP contribution in [0, 0.1) is 0 Å². The predicted molar refractivity (Wildman–Crippen MR) is 122 cm³/mol. The summed E-state index contributed by atoms with van der Waals surface area (Å²) in [5.74, 6) is 0. The van der Waals surface area contributed by atoms with E-state index < -0.39 is 5.60 Å². The van der Waals surface area contributed by atoms with E-state index in [4.69, 9.17) is 4.74 Å². The fourth-order valence-corrected chi connectivity index (χ4v) is 3.94. The third-order valence-electron chi connectivity index (χ3n) is 5.31. The van der Waals surface area contributed by atoms with Gasteiger partial charge in [-0.1, -0.05) is 36.4 Å². The second-order valence-corrected chi connectivity index (χ2v) is 9.19. The maximum atomic E-state index is 12.4. The molecular formula is C25H35N3O2. The molecule has 0 unspecified atom stereocenters. The minimum atomic E-state index is -0.459. The van der Waals surface area contributed by atoms with Crippen LogP contribution in [0.3, 0.4) is 0 Å². The Labute approximate surface area is 181 Å². The van der Waals surface area contributed by atoms with Gasteiger partial charge in [0.1, 0.15) is 5.60 Å². The molecule has 1 saturated heterocycles. The number of amides is 1. The van der Waals surface area contributed by atoms with Gasteiger partial charge in [-0.2, -0.15) is 0 Å². The van der Waals surface area contributed by atoms with E-state index in [9.17, 15) is 4.79 Å². The Morgan fingerprint density at radius 2 is 1.70 bits per heavy atom. The molecule has 0 radical (unpaired) electrons. The molecule has 0 aromatic heterocycles. The Hall–Kier alpha value is -2.37. The van der Waals surface area contributed by atoms with Crippen LogP contribution in [0.15, 0.2) is 48.5 Å². The van der Waals surface area contributed by atoms with Crippen molar-refractivity contribution >= 4 is 6.09 Å². The van der Waals surface area contributed by atoms with E-state index in [0.29, 0.717) is 6.54 Å².